The molecule has 0 unspecified atom stereocenters. The lowest BCUT2D eigenvalue weighted by Crippen LogP contribution is -2.40. The molecule has 94 valence electrons. The van der Waals surface area contributed by atoms with E-state index in [0.717, 1.165) is 0 Å². The van der Waals surface area contributed by atoms with Crippen LogP contribution in [0.15, 0.2) is 29.2 Å². The van der Waals surface area contributed by atoms with Crippen molar-refractivity contribution in [2.75, 3.05) is 0 Å². The Kier molecular flexibility index (Phi) is 3.84. The predicted octanol–water partition coefficient (Wildman–Crippen LogP) is 2.14. The number of hydrogen-bond donors (Lipinski definition) is 1. The number of nitrogens with one attached hydrogen (secondary N) is 1. The van der Waals surface area contributed by atoms with Crippen LogP contribution < -0.4 is 5.32 Å². The average Bonchev–Trinajstić information content (AvgIpc) is 2.14. The highest BCUT2D eigenvalue weighted by atomic mass is 35.7. The van der Waals surface area contributed by atoms with Gasteiger partial charge in [0.2, 0.25) is 0 Å². The third-order valence-electron chi connectivity index (χ3n) is 1.89. The molecule has 1 N–H and O–H groups in total. The van der Waals surface area contributed by atoms with Gasteiger partial charge in [0.15, 0.2) is 0 Å². The molecule has 1 amide bonds. The molecule has 0 saturated carbocycles. The number of amides is 1. The topological polar surface area (TPSA) is 63.2 Å². The Hall–Kier alpha value is -1.07. The zero-order valence-corrected chi connectivity index (χ0v) is 11.4. The Labute approximate surface area is 105 Å². The maximum atomic E-state index is 11.7. The number of halogens is 1. The highest BCUT2D eigenvalue weighted by Gasteiger charge is 2.16. The first-order chi connectivity index (χ1) is 7.59. The van der Waals surface area contributed by atoms with E-state index >= 15 is 0 Å². The minimum atomic E-state index is -3.74. The summed E-state index contributed by atoms with van der Waals surface area (Å²) >= 11 is 0. The highest BCUT2D eigenvalue weighted by molar-refractivity contribution is 8.13. The molecule has 0 saturated heterocycles. The van der Waals surface area contributed by atoms with Crippen LogP contribution in [0, 0.1) is 0 Å². The number of hydrogen-bond acceptors (Lipinski definition) is 3. The van der Waals surface area contributed by atoms with Crippen LogP contribution >= 0.6 is 10.7 Å². The van der Waals surface area contributed by atoms with E-state index in [-0.39, 0.29) is 16.3 Å². The molecule has 0 aromatic heterocycles. The minimum Gasteiger partial charge on any atom is -0.347 e. The molecule has 4 nitrogen and oxygen atoms in total. The minimum absolute atomic E-state index is 0.0218. The van der Waals surface area contributed by atoms with Crippen molar-refractivity contribution in [2.45, 2.75) is 31.2 Å². The molecule has 17 heavy (non-hydrogen) atoms. The number of benzene rings is 1. The molecule has 0 bridgehead atoms. The van der Waals surface area contributed by atoms with E-state index in [1.54, 1.807) is 0 Å². The lowest BCUT2D eigenvalue weighted by molar-refractivity contribution is 0.0919. The summed E-state index contributed by atoms with van der Waals surface area (Å²) in [4.78, 5) is 11.7. The largest absolute Gasteiger partial charge is 0.347 e. The molecule has 1 aromatic rings. The molecule has 6 heteroatoms. The average molecular weight is 276 g/mol. The van der Waals surface area contributed by atoms with Gasteiger partial charge in [0, 0.05) is 21.8 Å². The first-order valence-corrected chi connectivity index (χ1v) is 7.28. The monoisotopic (exact) mass is 275 g/mol. The van der Waals surface area contributed by atoms with Gasteiger partial charge in [0.1, 0.15) is 0 Å². The van der Waals surface area contributed by atoms with Crippen LogP contribution in [0.4, 0.5) is 0 Å². The van der Waals surface area contributed by atoms with E-state index < -0.39 is 9.05 Å². The highest BCUT2D eigenvalue weighted by Crippen LogP contribution is 2.15. The van der Waals surface area contributed by atoms with E-state index in [1.165, 1.54) is 24.3 Å². The van der Waals surface area contributed by atoms with Gasteiger partial charge >= 0.3 is 0 Å². The second kappa shape index (κ2) is 4.66. The van der Waals surface area contributed by atoms with E-state index in [9.17, 15) is 13.2 Å². The molecule has 0 fully saturated rings. The van der Waals surface area contributed by atoms with E-state index in [1.807, 2.05) is 20.8 Å². The second-order valence-corrected chi connectivity index (χ2v) is 7.23. The number of rotatable bonds is 2. The van der Waals surface area contributed by atoms with Crippen molar-refractivity contribution in [3.05, 3.63) is 29.8 Å². The zero-order valence-electron chi connectivity index (χ0n) is 9.82. The van der Waals surface area contributed by atoms with Crippen LogP contribution in [0.2, 0.25) is 0 Å². The maximum absolute atomic E-state index is 11.7. The molecule has 0 aliphatic heterocycles. The van der Waals surface area contributed by atoms with Gasteiger partial charge in [-0.3, -0.25) is 4.79 Å². The summed E-state index contributed by atoms with van der Waals surface area (Å²) in [6.45, 7) is 5.59. The molecule has 0 atom stereocenters. The van der Waals surface area contributed by atoms with E-state index in [4.69, 9.17) is 10.7 Å². The summed E-state index contributed by atoms with van der Waals surface area (Å²) in [6.07, 6.45) is 0. The Morgan fingerprint density at radius 3 is 2.00 bits per heavy atom. The molecule has 0 spiro atoms. The third kappa shape index (κ3) is 4.36. The quantitative estimate of drug-likeness (QED) is 0.841. The van der Waals surface area contributed by atoms with Gasteiger partial charge in [-0.15, -0.1) is 0 Å². The summed E-state index contributed by atoms with van der Waals surface area (Å²) < 4.78 is 22.0. The lowest BCUT2D eigenvalue weighted by Gasteiger charge is -2.20. The molecular weight excluding hydrogens is 262 g/mol. The second-order valence-electron chi connectivity index (χ2n) is 4.67. The molecule has 0 aliphatic carbocycles. The number of carbonyl (C=O) groups excluding carboxylic acids is 1. The molecular formula is C11H14ClNO3S. The predicted molar refractivity (Wildman–Crippen MR) is 66.7 cm³/mol. The first kappa shape index (κ1) is 14.0. The van der Waals surface area contributed by atoms with Crippen molar-refractivity contribution in [1.82, 2.24) is 5.32 Å². The third-order valence-corrected chi connectivity index (χ3v) is 3.26. The molecule has 0 radical (unpaired) electrons. The fourth-order valence-electron chi connectivity index (χ4n) is 1.18. The summed E-state index contributed by atoms with van der Waals surface area (Å²) in [7, 11) is 1.43. The summed E-state index contributed by atoms with van der Waals surface area (Å²) in [5, 5.41) is 2.77. The SMILES string of the molecule is CC(C)(C)NC(=O)c1ccc(S(=O)(=O)Cl)cc1. The van der Waals surface area contributed by atoms with Crippen LogP contribution in [0.5, 0.6) is 0 Å². The normalized spacial score (nSPS) is 12.2. The van der Waals surface area contributed by atoms with Gasteiger partial charge in [0.05, 0.1) is 4.90 Å². The van der Waals surface area contributed by atoms with Crippen molar-refractivity contribution in [2.24, 2.45) is 0 Å². The van der Waals surface area contributed by atoms with Crippen LogP contribution in [0.25, 0.3) is 0 Å². The Morgan fingerprint density at radius 2 is 1.65 bits per heavy atom. The van der Waals surface area contributed by atoms with Gasteiger partial charge in [-0.05, 0) is 45.0 Å². The van der Waals surface area contributed by atoms with Crippen molar-refractivity contribution in [3.63, 3.8) is 0 Å². The standard InChI is InChI=1S/C11H14ClNO3S/c1-11(2,3)13-10(14)8-4-6-9(7-5-8)17(12,15)16/h4-7H,1-3H3,(H,13,14). The van der Waals surface area contributed by atoms with Crippen LogP contribution in [-0.2, 0) is 9.05 Å². The van der Waals surface area contributed by atoms with Crippen molar-refractivity contribution >= 4 is 25.6 Å². The van der Waals surface area contributed by atoms with Gasteiger partial charge in [0.25, 0.3) is 15.0 Å². The maximum Gasteiger partial charge on any atom is 0.261 e. The van der Waals surface area contributed by atoms with Crippen molar-refractivity contribution < 1.29 is 13.2 Å². The van der Waals surface area contributed by atoms with Crippen molar-refractivity contribution in [3.8, 4) is 0 Å². The Balaban J connectivity index is 2.93. The first-order valence-electron chi connectivity index (χ1n) is 4.97. The van der Waals surface area contributed by atoms with Gasteiger partial charge in [-0.2, -0.15) is 0 Å². The summed E-state index contributed by atoms with van der Waals surface area (Å²) in [5.41, 5.74) is 0.0536. The van der Waals surface area contributed by atoms with Crippen molar-refractivity contribution in [1.29, 1.82) is 0 Å². The molecule has 0 aliphatic rings. The van der Waals surface area contributed by atoms with Gasteiger partial charge in [-0.25, -0.2) is 8.42 Å². The van der Waals surface area contributed by atoms with Crippen LogP contribution in [0.3, 0.4) is 0 Å². The molecule has 0 heterocycles. The van der Waals surface area contributed by atoms with Gasteiger partial charge in [-0.1, -0.05) is 0 Å². The molecule has 1 rings (SSSR count). The van der Waals surface area contributed by atoms with E-state index in [0.29, 0.717) is 5.56 Å². The Morgan fingerprint density at radius 1 is 1.18 bits per heavy atom. The van der Waals surface area contributed by atoms with E-state index in [2.05, 4.69) is 5.32 Å². The Bertz CT molecular complexity index is 515. The smallest absolute Gasteiger partial charge is 0.261 e. The summed E-state index contributed by atoms with van der Waals surface area (Å²) in [5.74, 6) is -0.254. The molecule has 1 aromatic carbocycles. The fourth-order valence-corrected chi connectivity index (χ4v) is 1.95. The fraction of sp³-hybridized carbons (Fsp3) is 0.364. The van der Waals surface area contributed by atoms with Crippen LogP contribution in [-0.4, -0.2) is 19.9 Å². The summed E-state index contributed by atoms with van der Waals surface area (Å²) in [6, 6.07) is 5.46. The number of carbonyl (C=O) groups is 1. The zero-order chi connectivity index (χ0) is 13.3. The van der Waals surface area contributed by atoms with Gasteiger partial charge < -0.3 is 5.32 Å². The lowest BCUT2D eigenvalue weighted by atomic mass is 10.1. The van der Waals surface area contributed by atoms with Crippen LogP contribution in [0.1, 0.15) is 31.1 Å².